The van der Waals surface area contributed by atoms with Crippen molar-refractivity contribution in [2.45, 2.75) is 12.0 Å². The van der Waals surface area contributed by atoms with Crippen molar-refractivity contribution in [3.8, 4) is 0 Å². The van der Waals surface area contributed by atoms with Crippen molar-refractivity contribution in [1.82, 2.24) is 10.9 Å². The summed E-state index contributed by atoms with van der Waals surface area (Å²) in [5, 5.41) is 0. The van der Waals surface area contributed by atoms with Gasteiger partial charge in [0.25, 0.3) is 5.79 Å². The molecule has 6 heteroatoms. The molecule has 1 heterocycles. The van der Waals surface area contributed by atoms with E-state index in [4.69, 9.17) is 0 Å². The topological polar surface area (TPSA) is 24.1 Å². The van der Waals surface area contributed by atoms with E-state index in [0.717, 1.165) is 6.20 Å². The highest BCUT2D eigenvalue weighted by Gasteiger charge is 2.56. The third kappa shape index (κ3) is 0.942. The molecule has 1 rings (SSSR count). The van der Waals surface area contributed by atoms with Crippen molar-refractivity contribution in [2.24, 2.45) is 0 Å². The first-order valence-corrected chi connectivity index (χ1v) is 2.42. The Morgan fingerprint density at radius 1 is 1.30 bits per heavy atom. The van der Waals surface area contributed by atoms with Gasteiger partial charge in [-0.1, -0.05) is 0 Å². The molecule has 0 fully saturated rings. The van der Waals surface area contributed by atoms with Crippen LogP contribution in [0.2, 0.25) is 0 Å². The molecule has 0 amide bonds. The Kier molecular flexibility index (Phi) is 1.36. The smallest absolute Gasteiger partial charge is 0.326 e. The molecule has 0 radical (unpaired) electrons. The largest absolute Gasteiger partial charge is 0.442 e. The van der Waals surface area contributed by atoms with Crippen LogP contribution in [0.3, 0.4) is 0 Å². The van der Waals surface area contributed by atoms with Crippen LogP contribution in [0.1, 0.15) is 0 Å². The number of nitrogens with one attached hydrogen (secondary N) is 2. The van der Waals surface area contributed by atoms with Crippen molar-refractivity contribution < 1.29 is 17.6 Å². The quantitative estimate of drug-likeness (QED) is 0.401. The Balaban J connectivity index is 2.78. The van der Waals surface area contributed by atoms with Gasteiger partial charge in [-0.15, -0.1) is 0 Å². The molecule has 0 spiro atoms. The normalized spacial score (nSPS) is 32.4. The van der Waals surface area contributed by atoms with Gasteiger partial charge < -0.3 is 5.43 Å². The molecular formula is C4H4F4N2. The van der Waals surface area contributed by atoms with Gasteiger partial charge in [0.15, 0.2) is 0 Å². The van der Waals surface area contributed by atoms with Gasteiger partial charge in [-0.2, -0.15) is 18.6 Å². The Bertz CT molecular complexity index is 163. The zero-order valence-electron chi connectivity index (χ0n) is 4.67. The summed E-state index contributed by atoms with van der Waals surface area (Å²) in [6.45, 7) is 0. The van der Waals surface area contributed by atoms with Crippen LogP contribution in [0.15, 0.2) is 12.3 Å². The first-order valence-electron chi connectivity index (χ1n) is 2.42. The van der Waals surface area contributed by atoms with Crippen molar-refractivity contribution in [2.75, 3.05) is 0 Å². The van der Waals surface area contributed by atoms with Crippen LogP contribution in [-0.2, 0) is 0 Å². The predicted molar refractivity (Wildman–Crippen MR) is 25.3 cm³/mol. The maximum Gasteiger partial charge on any atom is 0.442 e. The molecule has 0 saturated carbocycles. The van der Waals surface area contributed by atoms with E-state index < -0.39 is 12.0 Å². The molecule has 1 atom stereocenters. The number of hydrogen-bond acceptors (Lipinski definition) is 2. The van der Waals surface area contributed by atoms with Crippen molar-refractivity contribution in [3.63, 3.8) is 0 Å². The Hall–Kier alpha value is -0.780. The zero-order valence-corrected chi connectivity index (χ0v) is 4.67. The fourth-order valence-electron chi connectivity index (χ4n) is 0.510. The lowest BCUT2D eigenvalue weighted by Gasteiger charge is -2.20. The van der Waals surface area contributed by atoms with Crippen LogP contribution in [0, 0.1) is 0 Å². The molecule has 10 heavy (non-hydrogen) atoms. The standard InChI is InChI=1S/C4H4F4N2/c5-3(4(6,7)8)1-2-9-10-3/h1-2,9-10H. The number of hydrazine groups is 1. The highest BCUT2D eigenvalue weighted by molar-refractivity contribution is 5.07. The van der Waals surface area contributed by atoms with E-state index in [1.165, 1.54) is 5.43 Å². The van der Waals surface area contributed by atoms with E-state index in [9.17, 15) is 17.6 Å². The molecule has 0 aromatic heterocycles. The summed E-state index contributed by atoms with van der Waals surface area (Å²) in [5.41, 5.74) is 3.31. The SMILES string of the molecule is FC(F)(F)C1(F)C=CNN1. The summed E-state index contributed by atoms with van der Waals surface area (Å²) in [5.74, 6) is -3.41. The van der Waals surface area contributed by atoms with E-state index >= 15 is 0 Å². The van der Waals surface area contributed by atoms with E-state index in [1.54, 1.807) is 0 Å². The van der Waals surface area contributed by atoms with Gasteiger partial charge in [-0.05, 0) is 6.08 Å². The Morgan fingerprint density at radius 3 is 2.10 bits per heavy atom. The molecule has 0 aromatic rings. The van der Waals surface area contributed by atoms with E-state index in [-0.39, 0.29) is 0 Å². The Labute approximate surface area is 53.9 Å². The number of halogens is 4. The molecule has 0 aromatic carbocycles. The summed E-state index contributed by atoms with van der Waals surface area (Å²) in [6, 6.07) is 0. The molecule has 0 saturated heterocycles. The average Bonchev–Trinajstić information content (AvgIpc) is 2.13. The van der Waals surface area contributed by atoms with Gasteiger partial charge in [0, 0.05) is 6.20 Å². The van der Waals surface area contributed by atoms with E-state index in [2.05, 4.69) is 0 Å². The summed E-state index contributed by atoms with van der Waals surface area (Å²) in [7, 11) is 0. The second-order valence-electron chi connectivity index (χ2n) is 1.81. The van der Waals surface area contributed by atoms with E-state index in [0.29, 0.717) is 6.08 Å². The van der Waals surface area contributed by atoms with Gasteiger partial charge in [0.05, 0.1) is 0 Å². The molecule has 58 valence electrons. The van der Waals surface area contributed by atoms with Crippen molar-refractivity contribution in [3.05, 3.63) is 12.3 Å². The summed E-state index contributed by atoms with van der Waals surface area (Å²) < 4.78 is 47.3. The summed E-state index contributed by atoms with van der Waals surface area (Å²) >= 11 is 0. The van der Waals surface area contributed by atoms with Crippen LogP contribution in [-0.4, -0.2) is 12.0 Å². The molecule has 1 unspecified atom stereocenters. The fraction of sp³-hybridized carbons (Fsp3) is 0.500. The molecule has 2 nitrogen and oxygen atoms in total. The molecule has 2 N–H and O–H groups in total. The third-order valence-electron chi connectivity index (χ3n) is 1.06. The van der Waals surface area contributed by atoms with Crippen LogP contribution < -0.4 is 10.9 Å². The minimum Gasteiger partial charge on any atom is -0.326 e. The van der Waals surface area contributed by atoms with Gasteiger partial charge >= 0.3 is 6.18 Å². The second kappa shape index (κ2) is 1.85. The minimum atomic E-state index is -4.91. The lowest BCUT2D eigenvalue weighted by atomic mass is 10.3. The predicted octanol–water partition coefficient (Wildman–Crippen LogP) is 0.836. The maximum atomic E-state index is 12.4. The van der Waals surface area contributed by atoms with Gasteiger partial charge in [-0.25, -0.2) is 4.39 Å². The number of rotatable bonds is 0. The van der Waals surface area contributed by atoms with Crippen LogP contribution >= 0.6 is 0 Å². The average molecular weight is 156 g/mol. The van der Waals surface area contributed by atoms with Crippen LogP contribution in [0.25, 0.3) is 0 Å². The Morgan fingerprint density at radius 2 is 1.90 bits per heavy atom. The van der Waals surface area contributed by atoms with Gasteiger partial charge in [-0.3, -0.25) is 0 Å². The first-order chi connectivity index (χ1) is 4.46. The summed E-state index contributed by atoms with van der Waals surface area (Å²) in [4.78, 5) is 0. The lowest BCUT2D eigenvalue weighted by Crippen LogP contribution is -2.51. The lowest BCUT2D eigenvalue weighted by molar-refractivity contribution is -0.222. The van der Waals surface area contributed by atoms with Gasteiger partial charge in [0.2, 0.25) is 0 Å². The summed E-state index contributed by atoms with van der Waals surface area (Å²) in [6.07, 6.45) is -3.69. The third-order valence-corrected chi connectivity index (χ3v) is 1.06. The number of hydrogen-bond donors (Lipinski definition) is 2. The van der Waals surface area contributed by atoms with Crippen LogP contribution in [0.5, 0.6) is 0 Å². The molecule has 1 aliphatic heterocycles. The minimum absolute atomic E-state index is 0.368. The molecule has 0 bridgehead atoms. The van der Waals surface area contributed by atoms with Crippen molar-refractivity contribution >= 4 is 0 Å². The molecule has 1 aliphatic rings. The van der Waals surface area contributed by atoms with E-state index in [1.807, 2.05) is 5.43 Å². The fourth-order valence-corrected chi connectivity index (χ4v) is 0.510. The maximum absolute atomic E-state index is 12.4. The molecule has 0 aliphatic carbocycles. The highest BCUT2D eigenvalue weighted by Crippen LogP contribution is 2.33. The van der Waals surface area contributed by atoms with Crippen LogP contribution in [0.4, 0.5) is 17.6 Å². The second-order valence-corrected chi connectivity index (χ2v) is 1.81. The highest BCUT2D eigenvalue weighted by atomic mass is 19.4. The van der Waals surface area contributed by atoms with Crippen molar-refractivity contribution in [1.29, 1.82) is 0 Å². The molecular weight excluding hydrogens is 152 g/mol. The number of alkyl halides is 4. The first kappa shape index (κ1) is 7.33. The zero-order chi connectivity index (χ0) is 7.83. The van der Waals surface area contributed by atoms with Gasteiger partial charge in [0.1, 0.15) is 0 Å². The monoisotopic (exact) mass is 156 g/mol.